The number of piperidine rings is 1. The molecule has 2 heterocycles. The van der Waals surface area contributed by atoms with Gasteiger partial charge in [-0.25, -0.2) is 8.42 Å². The Morgan fingerprint density at radius 1 is 1.06 bits per heavy atom. The fourth-order valence-electron chi connectivity index (χ4n) is 5.48. The minimum Gasteiger partial charge on any atom is -0.296 e. The van der Waals surface area contributed by atoms with Crippen LogP contribution in [0.1, 0.15) is 78.2 Å². The van der Waals surface area contributed by atoms with Gasteiger partial charge in [0.05, 0.1) is 18.4 Å². The molecule has 31 heavy (non-hydrogen) atoms. The van der Waals surface area contributed by atoms with E-state index in [9.17, 15) is 8.42 Å². The van der Waals surface area contributed by atoms with Crippen LogP contribution in [0.25, 0.3) is 0 Å². The number of hydrogen-bond donors (Lipinski definition) is 0. The number of nitrogens with zero attached hydrogens (tertiary/aromatic N) is 2. The van der Waals surface area contributed by atoms with Crippen molar-refractivity contribution in [3.05, 3.63) is 48.6 Å². The van der Waals surface area contributed by atoms with Gasteiger partial charge in [0.1, 0.15) is 0 Å². The zero-order valence-electron chi connectivity index (χ0n) is 19.7. The predicted molar refractivity (Wildman–Crippen MR) is 127 cm³/mol. The van der Waals surface area contributed by atoms with E-state index in [2.05, 4.69) is 39.3 Å². The lowest BCUT2D eigenvalue weighted by Crippen LogP contribution is -2.59. The maximum absolute atomic E-state index is 13.5. The Balaban J connectivity index is 1.78. The minimum absolute atomic E-state index is 0.0164. The van der Waals surface area contributed by atoms with Crippen molar-refractivity contribution in [3.63, 3.8) is 0 Å². The van der Waals surface area contributed by atoms with Gasteiger partial charge in [-0.2, -0.15) is 9.37 Å². The van der Waals surface area contributed by atoms with Gasteiger partial charge in [0.2, 0.25) is 10.0 Å². The lowest BCUT2D eigenvalue weighted by molar-refractivity contribution is -0.284. The first-order chi connectivity index (χ1) is 14.6. The van der Waals surface area contributed by atoms with Crippen LogP contribution in [-0.2, 0) is 20.6 Å². The van der Waals surface area contributed by atoms with Crippen molar-refractivity contribution >= 4 is 10.0 Å². The van der Waals surface area contributed by atoms with Crippen LogP contribution in [-0.4, -0.2) is 47.6 Å². The molecule has 2 fully saturated rings. The third-order valence-electron chi connectivity index (χ3n) is 6.84. The largest absolute Gasteiger partial charge is 0.296 e. The molecule has 3 rings (SSSR count). The monoisotopic (exact) mass is 448 g/mol. The molecule has 0 radical (unpaired) electrons. The summed E-state index contributed by atoms with van der Waals surface area (Å²) in [5, 5.41) is 2.14. The summed E-state index contributed by atoms with van der Waals surface area (Å²) in [6, 6.07) is 9.36. The van der Waals surface area contributed by atoms with Crippen LogP contribution in [0.3, 0.4) is 0 Å². The van der Waals surface area contributed by atoms with E-state index in [-0.39, 0.29) is 28.9 Å². The van der Waals surface area contributed by atoms with Crippen LogP contribution in [0.15, 0.2) is 43.0 Å². The molecule has 0 N–H and O–H groups in total. The van der Waals surface area contributed by atoms with Crippen LogP contribution in [0.5, 0.6) is 0 Å². The molecule has 5 nitrogen and oxygen atoms in total. The molecule has 2 saturated heterocycles. The van der Waals surface area contributed by atoms with Crippen LogP contribution < -0.4 is 0 Å². The molecule has 0 aliphatic carbocycles. The summed E-state index contributed by atoms with van der Waals surface area (Å²) >= 11 is 0. The Bertz CT molecular complexity index is 820. The molecule has 174 valence electrons. The minimum atomic E-state index is -3.45. The van der Waals surface area contributed by atoms with Crippen molar-refractivity contribution in [2.24, 2.45) is 0 Å². The molecule has 0 saturated carbocycles. The van der Waals surface area contributed by atoms with Crippen LogP contribution >= 0.6 is 0 Å². The van der Waals surface area contributed by atoms with Crippen LogP contribution in [0.4, 0.5) is 0 Å². The average molecular weight is 449 g/mol. The molecule has 0 spiro atoms. The van der Waals surface area contributed by atoms with E-state index in [0.717, 1.165) is 44.1 Å². The number of benzene rings is 1. The van der Waals surface area contributed by atoms with Crippen LogP contribution in [0.2, 0.25) is 0 Å². The molecule has 2 atom stereocenters. The smallest absolute Gasteiger partial charge is 0.218 e. The van der Waals surface area contributed by atoms with Gasteiger partial charge in [-0.15, -0.1) is 6.58 Å². The average Bonchev–Trinajstić information content (AvgIpc) is 3.09. The lowest BCUT2D eigenvalue weighted by Gasteiger charge is -2.51. The summed E-state index contributed by atoms with van der Waals surface area (Å²) in [5.41, 5.74) is 0.710. The first kappa shape index (κ1) is 24.4. The Labute approximate surface area is 189 Å². The van der Waals surface area contributed by atoms with Gasteiger partial charge in [0.25, 0.3) is 0 Å². The molecular formula is C25H40N2O3S. The van der Waals surface area contributed by atoms with E-state index in [1.165, 1.54) is 6.42 Å². The van der Waals surface area contributed by atoms with Crippen molar-refractivity contribution in [1.29, 1.82) is 0 Å². The van der Waals surface area contributed by atoms with Crippen molar-refractivity contribution in [2.45, 2.75) is 102 Å². The van der Waals surface area contributed by atoms with Gasteiger partial charge in [0.15, 0.2) is 0 Å². The third kappa shape index (κ3) is 5.78. The molecule has 1 aromatic rings. The highest BCUT2D eigenvalue weighted by Gasteiger charge is 2.45. The van der Waals surface area contributed by atoms with E-state index in [0.29, 0.717) is 6.61 Å². The molecule has 0 bridgehead atoms. The van der Waals surface area contributed by atoms with Gasteiger partial charge < -0.3 is 0 Å². The van der Waals surface area contributed by atoms with E-state index in [4.69, 9.17) is 4.84 Å². The second-order valence-electron chi connectivity index (χ2n) is 10.4. The summed E-state index contributed by atoms with van der Waals surface area (Å²) in [5.74, 6) is 0.0373. The Kier molecular flexibility index (Phi) is 7.67. The number of sulfonamides is 1. The maximum Gasteiger partial charge on any atom is 0.218 e. The summed E-state index contributed by atoms with van der Waals surface area (Å²) in [4.78, 5) is 6.43. The molecule has 0 amide bonds. The zero-order chi connectivity index (χ0) is 22.7. The van der Waals surface area contributed by atoms with E-state index in [1.54, 1.807) is 4.31 Å². The molecule has 0 unspecified atom stereocenters. The highest BCUT2D eigenvalue weighted by molar-refractivity contribution is 7.88. The van der Waals surface area contributed by atoms with Gasteiger partial charge in [-0.1, -0.05) is 36.4 Å². The molecular weight excluding hydrogens is 408 g/mol. The molecule has 1 aromatic carbocycles. The quantitative estimate of drug-likeness (QED) is 0.482. The predicted octanol–water partition coefficient (Wildman–Crippen LogP) is 5.29. The molecule has 2 aliphatic heterocycles. The first-order valence-electron chi connectivity index (χ1n) is 11.7. The maximum atomic E-state index is 13.5. The molecule has 0 aromatic heterocycles. The van der Waals surface area contributed by atoms with Crippen molar-refractivity contribution in [1.82, 2.24) is 9.37 Å². The van der Waals surface area contributed by atoms with Crippen molar-refractivity contribution in [2.75, 3.05) is 6.61 Å². The topological polar surface area (TPSA) is 49.9 Å². The van der Waals surface area contributed by atoms with Crippen LogP contribution in [0, 0.1) is 0 Å². The Morgan fingerprint density at radius 3 is 2.29 bits per heavy atom. The Morgan fingerprint density at radius 2 is 1.68 bits per heavy atom. The molecule has 2 aliphatic rings. The summed E-state index contributed by atoms with van der Waals surface area (Å²) < 4.78 is 28.8. The van der Waals surface area contributed by atoms with Gasteiger partial charge in [-0.3, -0.25) is 4.84 Å². The lowest BCUT2D eigenvalue weighted by atomic mass is 9.82. The SMILES string of the molecule is C=CCC[C@H]1CC[C@@H](CON2C(C)(C)CCCC2(C)C)N1S(=O)(=O)Cc1ccccc1. The number of hydrogen-bond acceptors (Lipinski definition) is 4. The Hall–Kier alpha value is -1.21. The normalized spacial score (nSPS) is 26.7. The fourth-order valence-corrected chi connectivity index (χ4v) is 7.52. The van der Waals surface area contributed by atoms with E-state index >= 15 is 0 Å². The van der Waals surface area contributed by atoms with Crippen molar-refractivity contribution in [3.8, 4) is 0 Å². The van der Waals surface area contributed by atoms with Gasteiger partial charge >= 0.3 is 0 Å². The third-order valence-corrected chi connectivity index (χ3v) is 8.78. The van der Waals surface area contributed by atoms with Gasteiger partial charge in [-0.05, 0) is 78.2 Å². The molecule has 6 heteroatoms. The standard InChI is InChI=1S/C25H40N2O3S/c1-6-7-14-22-15-16-23(19-30-27-24(2,3)17-11-18-25(27,4)5)26(22)31(28,29)20-21-12-9-8-10-13-21/h6,8-10,12-13,22-23H,1,7,11,14-20H2,2-5H3/t22-,23-/m0/s1. The summed E-state index contributed by atoms with van der Waals surface area (Å²) in [7, 11) is -3.45. The summed E-state index contributed by atoms with van der Waals surface area (Å²) in [6.45, 7) is 13.1. The number of hydroxylamine groups is 2. The zero-order valence-corrected chi connectivity index (χ0v) is 20.5. The first-order valence-corrected chi connectivity index (χ1v) is 13.3. The highest BCUT2D eigenvalue weighted by atomic mass is 32.2. The number of allylic oxidation sites excluding steroid dienone is 1. The summed E-state index contributed by atoms with van der Waals surface area (Å²) in [6.07, 6.45) is 8.58. The highest BCUT2D eigenvalue weighted by Crippen LogP contribution is 2.39. The van der Waals surface area contributed by atoms with E-state index in [1.807, 2.05) is 36.4 Å². The second kappa shape index (κ2) is 9.74. The van der Waals surface area contributed by atoms with E-state index < -0.39 is 10.0 Å². The van der Waals surface area contributed by atoms with Gasteiger partial charge in [0, 0.05) is 17.1 Å². The fraction of sp³-hybridized carbons (Fsp3) is 0.680. The number of rotatable bonds is 9. The second-order valence-corrected chi connectivity index (χ2v) is 12.3. The van der Waals surface area contributed by atoms with Crippen molar-refractivity contribution < 1.29 is 13.3 Å².